The smallest absolute Gasteiger partial charge is 0.190 e. The summed E-state index contributed by atoms with van der Waals surface area (Å²) in [5.74, 6) is 5.89. The molecule has 1 aromatic heterocycles. The molecule has 1 fully saturated rings. The highest BCUT2D eigenvalue weighted by atomic mass is 32.2. The molecule has 1 unspecified atom stereocenters. The van der Waals surface area contributed by atoms with Gasteiger partial charge in [0.15, 0.2) is 9.84 Å². The predicted molar refractivity (Wildman–Crippen MR) is 61.4 cm³/mol. The average Bonchev–Trinajstić information content (AvgIpc) is 2.66. The maximum atomic E-state index is 11.3. The molecule has 3 N–H and O–H groups in total. The van der Waals surface area contributed by atoms with E-state index in [-0.39, 0.29) is 11.1 Å². The lowest BCUT2D eigenvalue weighted by molar-refractivity contribution is 0.148. The third-order valence-corrected chi connectivity index (χ3v) is 4.02. The van der Waals surface area contributed by atoms with Gasteiger partial charge in [0.25, 0.3) is 0 Å². The fourth-order valence-corrected chi connectivity index (χ4v) is 2.71. The van der Waals surface area contributed by atoms with Crippen molar-refractivity contribution in [3.05, 3.63) is 17.8 Å². The molecule has 6 heteroatoms. The summed E-state index contributed by atoms with van der Waals surface area (Å²) in [7, 11) is -3.15. The molecule has 1 atom stereocenters. The lowest BCUT2D eigenvalue weighted by atomic mass is 10.0. The van der Waals surface area contributed by atoms with Crippen LogP contribution in [0.3, 0.4) is 0 Å². The van der Waals surface area contributed by atoms with Crippen molar-refractivity contribution in [3.8, 4) is 0 Å². The summed E-state index contributed by atoms with van der Waals surface area (Å²) in [5.41, 5.74) is 0.891. The van der Waals surface area contributed by atoms with Crippen LogP contribution in [-0.2, 0) is 9.84 Å². The predicted octanol–water partition coefficient (Wildman–Crippen LogP) is 0.819. The van der Waals surface area contributed by atoms with Crippen LogP contribution in [-0.4, -0.2) is 31.2 Å². The fourth-order valence-electron chi connectivity index (χ4n) is 2.09. The lowest BCUT2D eigenvalue weighted by Gasteiger charge is -2.31. The molecule has 5 nitrogen and oxygen atoms in total. The van der Waals surface area contributed by atoms with Crippen molar-refractivity contribution >= 4 is 9.84 Å². The first-order chi connectivity index (χ1) is 7.48. The highest BCUT2D eigenvalue weighted by Gasteiger charge is 2.23. The summed E-state index contributed by atoms with van der Waals surface area (Å²) >= 11 is 0. The van der Waals surface area contributed by atoms with Crippen LogP contribution in [0.5, 0.6) is 0 Å². The quantitative estimate of drug-likeness (QED) is 0.754. The van der Waals surface area contributed by atoms with E-state index in [0.29, 0.717) is 0 Å². The number of nitrogens with zero attached hydrogens (tertiary/aromatic N) is 1. The van der Waals surface area contributed by atoms with Gasteiger partial charge in [-0.2, -0.15) is 0 Å². The maximum Gasteiger partial charge on any atom is 0.190 e. The Morgan fingerprint density at radius 1 is 1.44 bits per heavy atom. The van der Waals surface area contributed by atoms with Crippen molar-refractivity contribution < 1.29 is 8.42 Å². The SMILES string of the molecule is CS(=O)(=O)c1ccc(C2CCCCN2N)[nH]1. The van der Waals surface area contributed by atoms with E-state index in [9.17, 15) is 8.42 Å². The van der Waals surface area contributed by atoms with Crippen LogP contribution in [0, 0.1) is 0 Å². The molecule has 0 aliphatic carbocycles. The summed E-state index contributed by atoms with van der Waals surface area (Å²) in [4.78, 5) is 2.94. The minimum absolute atomic E-state index is 0.115. The lowest BCUT2D eigenvalue weighted by Crippen LogP contribution is -2.39. The molecule has 2 heterocycles. The van der Waals surface area contributed by atoms with E-state index in [1.54, 1.807) is 11.1 Å². The molecule has 2 rings (SSSR count). The van der Waals surface area contributed by atoms with E-state index >= 15 is 0 Å². The van der Waals surface area contributed by atoms with Crippen LogP contribution >= 0.6 is 0 Å². The molecule has 1 saturated heterocycles. The van der Waals surface area contributed by atoms with Crippen LogP contribution in [0.15, 0.2) is 17.2 Å². The minimum atomic E-state index is -3.15. The molecule has 0 spiro atoms. The standard InChI is InChI=1S/C10H17N3O2S/c1-16(14,15)10-6-5-8(12-10)9-4-2-3-7-13(9)11/h5-6,9,12H,2-4,7,11H2,1H3. The number of aromatic amines is 1. The van der Waals surface area contributed by atoms with Gasteiger partial charge in [0.05, 0.1) is 6.04 Å². The zero-order valence-corrected chi connectivity index (χ0v) is 10.1. The monoisotopic (exact) mass is 243 g/mol. The number of aromatic nitrogens is 1. The average molecular weight is 243 g/mol. The van der Waals surface area contributed by atoms with E-state index in [0.717, 1.165) is 31.5 Å². The first-order valence-corrected chi connectivity index (χ1v) is 7.28. The van der Waals surface area contributed by atoms with Crippen LogP contribution < -0.4 is 5.84 Å². The summed E-state index contributed by atoms with van der Waals surface area (Å²) in [6.45, 7) is 0.859. The van der Waals surface area contributed by atoms with Crippen LogP contribution in [0.1, 0.15) is 31.0 Å². The summed E-state index contributed by atoms with van der Waals surface area (Å²) in [5, 5.41) is 2.04. The Balaban J connectivity index is 2.24. The molecule has 1 aromatic rings. The van der Waals surface area contributed by atoms with Gasteiger partial charge in [0.2, 0.25) is 0 Å². The second kappa shape index (κ2) is 4.20. The van der Waals surface area contributed by atoms with Crippen molar-refractivity contribution in [2.45, 2.75) is 30.3 Å². The van der Waals surface area contributed by atoms with E-state index in [1.165, 1.54) is 6.26 Å². The Labute approximate surface area is 95.5 Å². The number of hydrazine groups is 1. The molecule has 0 aromatic carbocycles. The fraction of sp³-hybridized carbons (Fsp3) is 0.600. The number of sulfone groups is 1. The minimum Gasteiger partial charge on any atom is -0.348 e. The Morgan fingerprint density at radius 3 is 2.75 bits per heavy atom. The van der Waals surface area contributed by atoms with Gasteiger partial charge >= 0.3 is 0 Å². The third-order valence-electron chi connectivity index (χ3n) is 2.98. The Kier molecular flexibility index (Phi) is 3.05. The summed E-state index contributed by atoms with van der Waals surface area (Å²) < 4.78 is 22.7. The van der Waals surface area contributed by atoms with Crippen LogP contribution in [0.4, 0.5) is 0 Å². The molecular weight excluding hydrogens is 226 g/mol. The molecule has 1 aliphatic rings. The number of nitrogens with one attached hydrogen (secondary N) is 1. The van der Waals surface area contributed by atoms with E-state index < -0.39 is 9.84 Å². The van der Waals surface area contributed by atoms with Gasteiger partial charge < -0.3 is 4.98 Å². The van der Waals surface area contributed by atoms with Crippen molar-refractivity contribution in [2.75, 3.05) is 12.8 Å². The van der Waals surface area contributed by atoms with Gasteiger partial charge in [-0.25, -0.2) is 13.4 Å². The number of hydrogen-bond acceptors (Lipinski definition) is 4. The second-order valence-corrected chi connectivity index (χ2v) is 6.28. The van der Waals surface area contributed by atoms with Gasteiger partial charge in [-0.1, -0.05) is 6.42 Å². The Morgan fingerprint density at radius 2 is 2.19 bits per heavy atom. The van der Waals surface area contributed by atoms with Crippen LogP contribution in [0.25, 0.3) is 0 Å². The molecule has 16 heavy (non-hydrogen) atoms. The highest BCUT2D eigenvalue weighted by Crippen LogP contribution is 2.28. The highest BCUT2D eigenvalue weighted by molar-refractivity contribution is 7.90. The van der Waals surface area contributed by atoms with Gasteiger partial charge in [-0.15, -0.1) is 0 Å². The molecule has 1 aliphatic heterocycles. The molecule has 0 amide bonds. The van der Waals surface area contributed by atoms with Gasteiger partial charge in [0, 0.05) is 18.5 Å². The molecule has 0 bridgehead atoms. The van der Waals surface area contributed by atoms with Crippen molar-refractivity contribution in [2.24, 2.45) is 5.84 Å². The van der Waals surface area contributed by atoms with E-state index in [1.807, 2.05) is 6.07 Å². The van der Waals surface area contributed by atoms with Crippen LogP contribution in [0.2, 0.25) is 0 Å². The number of hydrogen-bond donors (Lipinski definition) is 2. The number of piperidine rings is 1. The van der Waals surface area contributed by atoms with Gasteiger partial charge in [0.1, 0.15) is 5.03 Å². The zero-order chi connectivity index (χ0) is 11.8. The number of rotatable bonds is 2. The topological polar surface area (TPSA) is 79.2 Å². The Bertz CT molecular complexity index is 466. The molecule has 0 saturated carbocycles. The largest absolute Gasteiger partial charge is 0.348 e. The van der Waals surface area contributed by atoms with Crippen molar-refractivity contribution in [3.63, 3.8) is 0 Å². The number of nitrogens with two attached hydrogens (primary N) is 1. The van der Waals surface area contributed by atoms with Gasteiger partial charge in [-0.05, 0) is 25.0 Å². The van der Waals surface area contributed by atoms with Crippen molar-refractivity contribution in [1.82, 2.24) is 9.99 Å². The Hall–Kier alpha value is -0.850. The van der Waals surface area contributed by atoms with E-state index in [4.69, 9.17) is 5.84 Å². The van der Waals surface area contributed by atoms with Gasteiger partial charge in [-0.3, -0.25) is 5.84 Å². The second-order valence-electron chi connectivity index (χ2n) is 4.30. The molecule has 0 radical (unpaired) electrons. The first kappa shape index (κ1) is 11.6. The summed E-state index contributed by atoms with van der Waals surface area (Å²) in [6.07, 6.45) is 4.40. The molecule has 90 valence electrons. The third kappa shape index (κ3) is 2.28. The van der Waals surface area contributed by atoms with E-state index in [2.05, 4.69) is 4.98 Å². The maximum absolute atomic E-state index is 11.3. The molecular formula is C10H17N3O2S. The zero-order valence-electron chi connectivity index (χ0n) is 9.31. The summed E-state index contributed by atoms with van der Waals surface area (Å²) in [6, 6.07) is 3.53. The van der Waals surface area contributed by atoms with Crippen molar-refractivity contribution in [1.29, 1.82) is 0 Å². The normalized spacial score (nSPS) is 23.5. The first-order valence-electron chi connectivity index (χ1n) is 5.39. The number of H-pyrrole nitrogens is 1.